The number of benzene rings is 1. The smallest absolute Gasteiger partial charge is 0.267 e. The van der Waals surface area contributed by atoms with E-state index in [0.717, 1.165) is 19.4 Å². The van der Waals surface area contributed by atoms with Crippen LogP contribution in [0, 0.1) is 5.41 Å². The minimum absolute atomic E-state index is 0.0227. The van der Waals surface area contributed by atoms with Gasteiger partial charge in [-0.05, 0) is 31.9 Å². The summed E-state index contributed by atoms with van der Waals surface area (Å²) < 4.78 is 0. The van der Waals surface area contributed by atoms with E-state index in [9.17, 15) is 14.7 Å². The van der Waals surface area contributed by atoms with E-state index in [1.54, 1.807) is 4.90 Å². The molecule has 0 bridgehead atoms. The Bertz CT molecular complexity index is 615. The van der Waals surface area contributed by atoms with Crippen LogP contribution in [0.3, 0.4) is 0 Å². The number of primary amides is 1. The fraction of sp³-hybridized carbons (Fsp3) is 0.400. The molecule has 0 aliphatic carbocycles. The van der Waals surface area contributed by atoms with Crippen molar-refractivity contribution in [2.75, 3.05) is 18.4 Å². The molecule has 5 N–H and O–H groups in total. The van der Waals surface area contributed by atoms with Crippen molar-refractivity contribution in [3.8, 4) is 5.75 Å². The number of nitrogens with one attached hydrogen (secondary N) is 2. The van der Waals surface area contributed by atoms with Crippen LogP contribution in [0.4, 0.5) is 5.69 Å². The summed E-state index contributed by atoms with van der Waals surface area (Å²) in [5.41, 5.74) is 5.34. The number of hydrogen-bond acceptors (Lipinski definition) is 5. The van der Waals surface area contributed by atoms with Gasteiger partial charge in [-0.25, -0.2) is 0 Å². The molecule has 2 rings (SSSR count). The highest BCUT2D eigenvalue weighted by Gasteiger charge is 2.25. The minimum Gasteiger partial charge on any atom is -0.508 e. The van der Waals surface area contributed by atoms with Gasteiger partial charge in [-0.2, -0.15) is 0 Å². The van der Waals surface area contributed by atoms with E-state index in [-0.39, 0.29) is 35.5 Å². The summed E-state index contributed by atoms with van der Waals surface area (Å²) in [7, 11) is 0. The molecule has 0 aromatic heterocycles. The zero-order chi connectivity index (χ0) is 16.3. The van der Waals surface area contributed by atoms with Gasteiger partial charge in [-0.1, -0.05) is 0 Å². The number of likely N-dealkylation sites (tertiary alicyclic amines) is 1. The highest BCUT2D eigenvalue weighted by Crippen LogP contribution is 2.23. The van der Waals surface area contributed by atoms with Gasteiger partial charge in [0.25, 0.3) is 5.91 Å². The van der Waals surface area contributed by atoms with Crippen molar-refractivity contribution >= 4 is 23.2 Å². The monoisotopic (exact) mass is 304 g/mol. The number of nitrogens with two attached hydrogens (primary N) is 1. The fourth-order valence-corrected chi connectivity index (χ4v) is 2.61. The van der Waals surface area contributed by atoms with Crippen LogP contribution in [0.15, 0.2) is 18.2 Å². The number of carbonyl (C=O) groups excluding carboxylic acids is 2. The summed E-state index contributed by atoms with van der Waals surface area (Å²) in [5.74, 6) is -0.941. The lowest BCUT2D eigenvalue weighted by Crippen LogP contribution is -2.37. The van der Waals surface area contributed by atoms with Crippen LogP contribution in [-0.2, 0) is 9.59 Å². The Labute approximate surface area is 128 Å². The largest absolute Gasteiger partial charge is 0.508 e. The molecule has 1 saturated heterocycles. The first kappa shape index (κ1) is 15.8. The second-order valence-electron chi connectivity index (χ2n) is 5.40. The normalized spacial score (nSPS) is 17.3. The van der Waals surface area contributed by atoms with Gasteiger partial charge in [0, 0.05) is 29.9 Å². The standard InChI is InChI=1S/C15H20N4O3/c1-9-3-2-6-19(9)13(21)8-18-12-7-10(20)4-5-11(12)14(16)15(17)22/h4-5,7,9,16,18,20H,2-3,6,8H2,1H3,(H2,17,22). The number of amides is 2. The Morgan fingerprint density at radius 1 is 1.50 bits per heavy atom. The van der Waals surface area contributed by atoms with Crippen molar-refractivity contribution < 1.29 is 14.7 Å². The molecule has 0 spiro atoms. The molecule has 1 aromatic rings. The van der Waals surface area contributed by atoms with Crippen LogP contribution >= 0.6 is 0 Å². The Balaban J connectivity index is 2.11. The van der Waals surface area contributed by atoms with E-state index < -0.39 is 5.91 Å². The molecule has 2 amide bonds. The highest BCUT2D eigenvalue weighted by atomic mass is 16.3. The lowest BCUT2D eigenvalue weighted by atomic mass is 10.1. The molecule has 1 atom stereocenters. The van der Waals surface area contributed by atoms with Crippen LogP contribution in [0.1, 0.15) is 25.3 Å². The second-order valence-corrected chi connectivity index (χ2v) is 5.40. The van der Waals surface area contributed by atoms with E-state index in [4.69, 9.17) is 11.1 Å². The van der Waals surface area contributed by atoms with Crippen LogP contribution in [-0.4, -0.2) is 46.7 Å². The van der Waals surface area contributed by atoms with Gasteiger partial charge in [0.1, 0.15) is 11.5 Å². The predicted octanol–water partition coefficient (Wildman–Crippen LogP) is 0.668. The SMILES string of the molecule is CC1CCCN1C(=O)CNc1cc(O)ccc1C(=N)C(N)=O. The first-order valence-corrected chi connectivity index (χ1v) is 7.15. The van der Waals surface area contributed by atoms with Crippen LogP contribution in [0.2, 0.25) is 0 Å². The number of hydrogen-bond donors (Lipinski definition) is 4. The van der Waals surface area contributed by atoms with E-state index in [0.29, 0.717) is 5.69 Å². The Kier molecular flexibility index (Phi) is 4.65. The summed E-state index contributed by atoms with van der Waals surface area (Å²) in [6.07, 6.45) is 1.99. The molecular weight excluding hydrogens is 284 g/mol. The van der Waals surface area contributed by atoms with Crippen molar-refractivity contribution in [2.45, 2.75) is 25.8 Å². The van der Waals surface area contributed by atoms with E-state index in [2.05, 4.69) is 5.32 Å². The number of nitrogens with zero attached hydrogens (tertiary/aromatic N) is 1. The van der Waals surface area contributed by atoms with Crippen molar-refractivity contribution in [3.63, 3.8) is 0 Å². The zero-order valence-electron chi connectivity index (χ0n) is 12.4. The number of anilines is 1. The van der Waals surface area contributed by atoms with E-state index in [1.807, 2.05) is 6.92 Å². The van der Waals surface area contributed by atoms with Gasteiger partial charge >= 0.3 is 0 Å². The molecule has 7 heteroatoms. The molecule has 1 unspecified atom stereocenters. The molecule has 22 heavy (non-hydrogen) atoms. The van der Waals surface area contributed by atoms with Crippen molar-refractivity contribution in [1.29, 1.82) is 5.41 Å². The van der Waals surface area contributed by atoms with Crippen molar-refractivity contribution in [2.24, 2.45) is 5.73 Å². The summed E-state index contributed by atoms with van der Waals surface area (Å²) in [5, 5.41) is 20.1. The third kappa shape index (κ3) is 3.36. The molecule has 1 fully saturated rings. The lowest BCUT2D eigenvalue weighted by Gasteiger charge is -2.22. The topological polar surface area (TPSA) is 120 Å². The third-order valence-corrected chi connectivity index (χ3v) is 3.82. The summed E-state index contributed by atoms with van der Waals surface area (Å²) in [6, 6.07) is 4.38. The van der Waals surface area contributed by atoms with Gasteiger partial charge < -0.3 is 21.1 Å². The van der Waals surface area contributed by atoms with Gasteiger partial charge in [0.05, 0.1) is 6.54 Å². The summed E-state index contributed by atoms with van der Waals surface area (Å²) >= 11 is 0. The molecule has 118 valence electrons. The molecule has 1 aliphatic rings. The highest BCUT2D eigenvalue weighted by molar-refractivity contribution is 6.44. The van der Waals surface area contributed by atoms with Crippen molar-refractivity contribution in [1.82, 2.24) is 4.90 Å². The lowest BCUT2D eigenvalue weighted by molar-refractivity contribution is -0.129. The number of carbonyl (C=O) groups is 2. The number of phenols is 1. The fourth-order valence-electron chi connectivity index (χ4n) is 2.61. The molecule has 1 heterocycles. The summed E-state index contributed by atoms with van der Waals surface area (Å²) in [6.45, 7) is 2.78. The zero-order valence-corrected chi connectivity index (χ0v) is 12.4. The van der Waals surface area contributed by atoms with Crippen molar-refractivity contribution in [3.05, 3.63) is 23.8 Å². The molecule has 7 nitrogen and oxygen atoms in total. The molecule has 0 radical (unpaired) electrons. The maximum atomic E-state index is 12.2. The Morgan fingerprint density at radius 2 is 2.23 bits per heavy atom. The number of aromatic hydroxyl groups is 1. The Hall–Kier alpha value is -2.57. The average molecular weight is 304 g/mol. The van der Waals surface area contributed by atoms with Gasteiger partial charge in [-0.15, -0.1) is 0 Å². The van der Waals surface area contributed by atoms with Gasteiger partial charge in [0.2, 0.25) is 5.91 Å². The quantitative estimate of drug-likeness (QED) is 0.597. The first-order valence-electron chi connectivity index (χ1n) is 7.15. The number of phenolic OH excluding ortho intramolecular Hbond substituents is 1. The molecule has 1 aliphatic heterocycles. The van der Waals surface area contributed by atoms with E-state index in [1.165, 1.54) is 18.2 Å². The third-order valence-electron chi connectivity index (χ3n) is 3.82. The number of rotatable bonds is 5. The predicted molar refractivity (Wildman–Crippen MR) is 83.0 cm³/mol. The molecular formula is C15H20N4O3. The van der Waals surface area contributed by atoms with Crippen LogP contribution < -0.4 is 11.1 Å². The minimum atomic E-state index is -0.867. The van der Waals surface area contributed by atoms with E-state index >= 15 is 0 Å². The maximum Gasteiger partial charge on any atom is 0.267 e. The second kappa shape index (κ2) is 6.46. The Morgan fingerprint density at radius 3 is 2.82 bits per heavy atom. The summed E-state index contributed by atoms with van der Waals surface area (Å²) in [4.78, 5) is 25.1. The average Bonchev–Trinajstić information content (AvgIpc) is 2.90. The van der Waals surface area contributed by atoms with Gasteiger partial charge in [0.15, 0.2) is 0 Å². The van der Waals surface area contributed by atoms with Crippen LogP contribution in [0.25, 0.3) is 0 Å². The molecule has 0 saturated carbocycles. The maximum absolute atomic E-state index is 12.2. The van der Waals surface area contributed by atoms with Gasteiger partial charge in [-0.3, -0.25) is 15.0 Å². The molecule has 1 aromatic carbocycles. The first-order chi connectivity index (χ1) is 10.4. The van der Waals surface area contributed by atoms with Crippen LogP contribution in [0.5, 0.6) is 5.75 Å².